The van der Waals surface area contributed by atoms with Gasteiger partial charge in [-0.15, -0.1) is 0 Å². The molecule has 1 aromatic rings. The molecule has 110 valence electrons. The van der Waals surface area contributed by atoms with Crippen LogP contribution < -0.4 is 4.74 Å². The number of carbonyl (C=O) groups is 1. The molecule has 1 fully saturated rings. The monoisotopic (exact) mass is 277 g/mol. The highest BCUT2D eigenvalue weighted by atomic mass is 16.5. The fraction of sp³-hybridized carbons (Fsp3) is 0.562. The number of carboxylic acid groups (broad SMARTS) is 1. The molecule has 0 unspecified atom stereocenters. The molecule has 1 aliphatic rings. The van der Waals surface area contributed by atoms with Crippen molar-refractivity contribution in [2.45, 2.75) is 45.1 Å². The van der Waals surface area contributed by atoms with Crippen molar-refractivity contribution in [2.24, 2.45) is 0 Å². The van der Waals surface area contributed by atoms with Crippen molar-refractivity contribution < 1.29 is 14.6 Å². The Kier molecular flexibility index (Phi) is 4.21. The molecule has 2 rings (SSSR count). The second-order valence-electron chi connectivity index (χ2n) is 6.02. The van der Waals surface area contributed by atoms with Crippen LogP contribution in [0, 0.1) is 0 Å². The van der Waals surface area contributed by atoms with Gasteiger partial charge in [0, 0.05) is 13.1 Å². The average Bonchev–Trinajstić information content (AvgIpc) is 2.39. The van der Waals surface area contributed by atoms with Crippen LogP contribution in [0.2, 0.25) is 0 Å². The second-order valence-corrected chi connectivity index (χ2v) is 6.02. The molecule has 0 aromatic heterocycles. The zero-order valence-electron chi connectivity index (χ0n) is 12.4. The number of likely N-dealkylation sites (tertiary alicyclic amines) is 1. The number of rotatable bonds is 3. The van der Waals surface area contributed by atoms with Crippen LogP contribution in [0.4, 0.5) is 4.79 Å². The lowest BCUT2D eigenvalue weighted by atomic mass is 9.74. The smallest absolute Gasteiger partial charge is 0.407 e. The predicted octanol–water partition coefficient (Wildman–Crippen LogP) is 3.51. The van der Waals surface area contributed by atoms with Gasteiger partial charge in [0.25, 0.3) is 0 Å². The number of piperidine rings is 1. The molecular weight excluding hydrogens is 254 g/mol. The highest BCUT2D eigenvalue weighted by Crippen LogP contribution is 2.36. The van der Waals surface area contributed by atoms with Gasteiger partial charge in [-0.25, -0.2) is 4.79 Å². The third-order valence-electron chi connectivity index (χ3n) is 4.04. The van der Waals surface area contributed by atoms with Gasteiger partial charge in [-0.3, -0.25) is 0 Å². The van der Waals surface area contributed by atoms with Crippen molar-refractivity contribution in [3.8, 4) is 5.75 Å². The third kappa shape index (κ3) is 3.24. The molecule has 1 heterocycles. The average molecular weight is 277 g/mol. The van der Waals surface area contributed by atoms with Gasteiger partial charge >= 0.3 is 6.09 Å². The van der Waals surface area contributed by atoms with Gasteiger partial charge < -0.3 is 14.7 Å². The molecule has 0 saturated carbocycles. The Morgan fingerprint density at radius 1 is 1.35 bits per heavy atom. The van der Waals surface area contributed by atoms with Crippen molar-refractivity contribution in [2.75, 3.05) is 13.1 Å². The molecule has 1 amide bonds. The first-order valence-electron chi connectivity index (χ1n) is 7.16. The molecule has 0 bridgehead atoms. The Morgan fingerprint density at radius 3 is 2.55 bits per heavy atom. The van der Waals surface area contributed by atoms with E-state index in [1.807, 2.05) is 26.0 Å². The number of amides is 1. The summed E-state index contributed by atoms with van der Waals surface area (Å²) in [5.41, 5.74) is 1.27. The zero-order chi connectivity index (χ0) is 14.8. The van der Waals surface area contributed by atoms with Crippen LogP contribution in [0.5, 0.6) is 5.75 Å². The molecule has 0 radical (unpaired) electrons. The van der Waals surface area contributed by atoms with Gasteiger partial charge in [0.2, 0.25) is 0 Å². The zero-order valence-corrected chi connectivity index (χ0v) is 12.4. The van der Waals surface area contributed by atoms with E-state index in [1.54, 1.807) is 0 Å². The Morgan fingerprint density at radius 2 is 2.00 bits per heavy atom. The van der Waals surface area contributed by atoms with Gasteiger partial charge in [-0.1, -0.05) is 19.1 Å². The summed E-state index contributed by atoms with van der Waals surface area (Å²) in [4.78, 5) is 12.5. The molecule has 1 aliphatic heterocycles. The van der Waals surface area contributed by atoms with E-state index in [-0.39, 0.29) is 11.5 Å². The van der Waals surface area contributed by atoms with E-state index in [4.69, 9.17) is 9.84 Å². The van der Waals surface area contributed by atoms with Crippen molar-refractivity contribution in [3.63, 3.8) is 0 Å². The lowest BCUT2D eigenvalue weighted by Crippen LogP contribution is -2.43. The normalized spacial score (nSPS) is 18.1. The first-order chi connectivity index (χ1) is 9.40. The van der Waals surface area contributed by atoms with Crippen LogP contribution in [-0.2, 0) is 5.41 Å². The van der Waals surface area contributed by atoms with E-state index in [2.05, 4.69) is 19.1 Å². The second kappa shape index (κ2) is 5.73. The van der Waals surface area contributed by atoms with Crippen LogP contribution >= 0.6 is 0 Å². The minimum Gasteiger partial charge on any atom is -0.491 e. The van der Waals surface area contributed by atoms with Crippen LogP contribution in [-0.4, -0.2) is 35.3 Å². The Hall–Kier alpha value is -1.71. The molecule has 20 heavy (non-hydrogen) atoms. The molecule has 1 N–H and O–H groups in total. The van der Waals surface area contributed by atoms with Gasteiger partial charge in [0.05, 0.1) is 6.10 Å². The SMILES string of the molecule is CC(C)Oc1cccc(C2(C)CCN(C(=O)O)CC2)c1. The molecule has 4 nitrogen and oxygen atoms in total. The lowest BCUT2D eigenvalue weighted by Gasteiger charge is -2.38. The number of hydrogen-bond donors (Lipinski definition) is 1. The van der Waals surface area contributed by atoms with Crippen molar-refractivity contribution in [1.82, 2.24) is 4.90 Å². The van der Waals surface area contributed by atoms with E-state index in [9.17, 15) is 4.79 Å². The quantitative estimate of drug-likeness (QED) is 0.919. The minimum atomic E-state index is -0.816. The molecular formula is C16H23NO3. The third-order valence-corrected chi connectivity index (χ3v) is 4.04. The standard InChI is InChI=1S/C16H23NO3/c1-12(2)20-14-6-4-5-13(11-14)16(3)7-9-17(10-8-16)15(18)19/h4-6,11-12H,7-10H2,1-3H3,(H,18,19). The fourth-order valence-corrected chi connectivity index (χ4v) is 2.70. The summed E-state index contributed by atoms with van der Waals surface area (Å²) in [6.07, 6.45) is 1.05. The summed E-state index contributed by atoms with van der Waals surface area (Å²) in [6, 6.07) is 8.20. The van der Waals surface area contributed by atoms with E-state index in [0.29, 0.717) is 13.1 Å². The highest BCUT2D eigenvalue weighted by Gasteiger charge is 2.33. The number of nitrogens with zero attached hydrogens (tertiary/aromatic N) is 1. The van der Waals surface area contributed by atoms with Crippen LogP contribution in [0.25, 0.3) is 0 Å². The number of ether oxygens (including phenoxy) is 1. The summed E-state index contributed by atoms with van der Waals surface area (Å²) in [5.74, 6) is 0.888. The van der Waals surface area contributed by atoms with E-state index in [0.717, 1.165) is 18.6 Å². The molecule has 1 saturated heterocycles. The van der Waals surface area contributed by atoms with Gasteiger partial charge in [0.15, 0.2) is 0 Å². The summed E-state index contributed by atoms with van der Waals surface area (Å²) < 4.78 is 5.75. The first kappa shape index (κ1) is 14.7. The molecule has 1 aromatic carbocycles. The molecule has 4 heteroatoms. The van der Waals surface area contributed by atoms with E-state index in [1.165, 1.54) is 10.5 Å². The van der Waals surface area contributed by atoms with Crippen molar-refractivity contribution in [3.05, 3.63) is 29.8 Å². The number of benzene rings is 1. The Labute approximate surface area is 120 Å². The van der Waals surface area contributed by atoms with Gasteiger partial charge in [0.1, 0.15) is 5.75 Å². The summed E-state index contributed by atoms with van der Waals surface area (Å²) in [6.45, 7) is 7.43. The lowest BCUT2D eigenvalue weighted by molar-refractivity contribution is 0.119. The maximum absolute atomic E-state index is 11.0. The topological polar surface area (TPSA) is 49.8 Å². The summed E-state index contributed by atoms with van der Waals surface area (Å²) in [5, 5.41) is 9.03. The largest absolute Gasteiger partial charge is 0.491 e. The first-order valence-corrected chi connectivity index (χ1v) is 7.16. The van der Waals surface area contributed by atoms with Crippen LogP contribution in [0.15, 0.2) is 24.3 Å². The van der Waals surface area contributed by atoms with Crippen LogP contribution in [0.3, 0.4) is 0 Å². The summed E-state index contributed by atoms with van der Waals surface area (Å²) in [7, 11) is 0. The van der Waals surface area contributed by atoms with Gasteiger partial charge in [-0.2, -0.15) is 0 Å². The minimum absolute atomic E-state index is 0.0301. The number of hydrogen-bond acceptors (Lipinski definition) is 2. The Balaban J connectivity index is 2.13. The van der Waals surface area contributed by atoms with Gasteiger partial charge in [-0.05, 0) is 49.8 Å². The maximum Gasteiger partial charge on any atom is 0.407 e. The maximum atomic E-state index is 11.0. The summed E-state index contributed by atoms with van der Waals surface area (Å²) >= 11 is 0. The molecule has 0 atom stereocenters. The van der Waals surface area contributed by atoms with E-state index < -0.39 is 6.09 Å². The van der Waals surface area contributed by atoms with Crippen molar-refractivity contribution >= 4 is 6.09 Å². The van der Waals surface area contributed by atoms with Crippen LogP contribution in [0.1, 0.15) is 39.2 Å². The molecule has 0 aliphatic carbocycles. The van der Waals surface area contributed by atoms with E-state index >= 15 is 0 Å². The Bertz CT molecular complexity index is 476. The highest BCUT2D eigenvalue weighted by molar-refractivity contribution is 5.65. The fourth-order valence-electron chi connectivity index (χ4n) is 2.70. The van der Waals surface area contributed by atoms with Crippen molar-refractivity contribution in [1.29, 1.82) is 0 Å². The molecule has 0 spiro atoms. The predicted molar refractivity (Wildman–Crippen MR) is 78.4 cm³/mol.